The van der Waals surface area contributed by atoms with Gasteiger partial charge in [-0.1, -0.05) is 44.2 Å². The van der Waals surface area contributed by atoms with Gasteiger partial charge in [0.15, 0.2) is 0 Å². The number of carbonyl (C=O) groups excluding carboxylic acids is 2. The average molecular weight is 356 g/mol. The highest BCUT2D eigenvalue weighted by molar-refractivity contribution is 7.09. The van der Waals surface area contributed by atoms with Gasteiger partial charge in [0.05, 0.1) is 6.54 Å². The molecule has 1 atom stereocenters. The quantitative estimate of drug-likeness (QED) is 0.733. The molecule has 1 unspecified atom stereocenters. The van der Waals surface area contributed by atoms with Crippen LogP contribution in [0.15, 0.2) is 60.5 Å². The minimum atomic E-state index is -0.576. The lowest BCUT2D eigenvalue weighted by Gasteiger charge is -2.29. The minimum Gasteiger partial charge on any atom is -0.340 e. The van der Waals surface area contributed by atoms with E-state index in [2.05, 4.69) is 11.9 Å². The molecule has 0 aliphatic carbocycles. The summed E-state index contributed by atoms with van der Waals surface area (Å²) in [7, 11) is 0. The molecule has 25 heavy (non-hydrogen) atoms. The van der Waals surface area contributed by atoms with Crippen LogP contribution in [0, 0.1) is 5.92 Å². The SMILES string of the molecule is C=CCN(Cc1cccs1)C(=O)C(NC(=O)c1ccccc1)C(C)C. The van der Waals surface area contributed by atoms with Crippen molar-refractivity contribution in [2.45, 2.75) is 26.4 Å². The van der Waals surface area contributed by atoms with Crippen LogP contribution in [0.4, 0.5) is 0 Å². The topological polar surface area (TPSA) is 49.4 Å². The molecule has 132 valence electrons. The molecule has 0 spiro atoms. The van der Waals surface area contributed by atoms with E-state index in [4.69, 9.17) is 0 Å². The van der Waals surface area contributed by atoms with Crippen LogP contribution in [0.2, 0.25) is 0 Å². The molecule has 2 aromatic rings. The fourth-order valence-corrected chi connectivity index (χ4v) is 3.22. The highest BCUT2D eigenvalue weighted by Crippen LogP contribution is 2.15. The maximum atomic E-state index is 13.0. The Bertz CT molecular complexity index is 696. The molecule has 1 heterocycles. The third kappa shape index (κ3) is 5.29. The molecule has 2 amide bonds. The van der Waals surface area contributed by atoms with Crippen molar-refractivity contribution in [1.82, 2.24) is 10.2 Å². The number of rotatable bonds is 8. The summed E-state index contributed by atoms with van der Waals surface area (Å²) in [5.74, 6) is -0.342. The number of thiophene rings is 1. The van der Waals surface area contributed by atoms with E-state index in [-0.39, 0.29) is 17.7 Å². The molecule has 0 fully saturated rings. The Morgan fingerprint density at radius 1 is 1.20 bits per heavy atom. The fourth-order valence-electron chi connectivity index (χ4n) is 2.50. The van der Waals surface area contributed by atoms with Crippen LogP contribution in [-0.2, 0) is 11.3 Å². The van der Waals surface area contributed by atoms with Crippen LogP contribution in [0.3, 0.4) is 0 Å². The van der Waals surface area contributed by atoms with Gasteiger partial charge in [0.1, 0.15) is 6.04 Å². The molecule has 0 bridgehead atoms. The largest absolute Gasteiger partial charge is 0.340 e. The smallest absolute Gasteiger partial charge is 0.251 e. The van der Waals surface area contributed by atoms with Crippen molar-refractivity contribution in [3.8, 4) is 0 Å². The monoisotopic (exact) mass is 356 g/mol. The van der Waals surface area contributed by atoms with Gasteiger partial charge in [-0.05, 0) is 29.5 Å². The first-order chi connectivity index (χ1) is 12.0. The predicted molar refractivity (Wildman–Crippen MR) is 102 cm³/mol. The Morgan fingerprint density at radius 2 is 1.92 bits per heavy atom. The average Bonchev–Trinajstić information content (AvgIpc) is 3.12. The zero-order valence-electron chi connectivity index (χ0n) is 14.6. The highest BCUT2D eigenvalue weighted by atomic mass is 32.1. The van der Waals surface area contributed by atoms with Gasteiger partial charge >= 0.3 is 0 Å². The molecule has 0 aliphatic heterocycles. The van der Waals surface area contributed by atoms with E-state index in [0.717, 1.165) is 4.88 Å². The predicted octanol–water partition coefficient (Wildman–Crippen LogP) is 3.72. The molecular formula is C20H24N2O2S. The van der Waals surface area contributed by atoms with Crippen molar-refractivity contribution >= 4 is 23.2 Å². The summed E-state index contributed by atoms with van der Waals surface area (Å²) >= 11 is 1.61. The van der Waals surface area contributed by atoms with E-state index in [1.165, 1.54) is 0 Å². The molecule has 1 N–H and O–H groups in total. The Balaban J connectivity index is 2.14. The summed E-state index contributed by atoms with van der Waals surface area (Å²) in [6, 6.07) is 12.3. The summed E-state index contributed by atoms with van der Waals surface area (Å²) in [6.07, 6.45) is 1.71. The molecule has 0 radical (unpaired) electrons. The van der Waals surface area contributed by atoms with E-state index in [1.807, 2.05) is 49.6 Å². The van der Waals surface area contributed by atoms with Gasteiger partial charge in [0.2, 0.25) is 5.91 Å². The Kier molecular flexibility index (Phi) is 6.95. The molecule has 2 rings (SSSR count). The van der Waals surface area contributed by atoms with Crippen LogP contribution in [-0.4, -0.2) is 29.3 Å². The summed E-state index contributed by atoms with van der Waals surface area (Å²) in [6.45, 7) is 8.58. The van der Waals surface area contributed by atoms with E-state index in [1.54, 1.807) is 34.4 Å². The van der Waals surface area contributed by atoms with Gasteiger partial charge in [-0.15, -0.1) is 17.9 Å². The van der Waals surface area contributed by atoms with E-state index < -0.39 is 6.04 Å². The molecule has 4 nitrogen and oxygen atoms in total. The molecule has 1 aromatic carbocycles. The van der Waals surface area contributed by atoms with E-state index >= 15 is 0 Å². The second kappa shape index (κ2) is 9.18. The summed E-state index contributed by atoms with van der Waals surface area (Å²) in [5, 5.41) is 4.88. The molecule has 5 heteroatoms. The number of nitrogens with one attached hydrogen (secondary N) is 1. The number of carbonyl (C=O) groups is 2. The second-order valence-corrected chi connectivity index (χ2v) is 7.18. The van der Waals surface area contributed by atoms with E-state index in [0.29, 0.717) is 18.7 Å². The number of benzene rings is 1. The molecular weight excluding hydrogens is 332 g/mol. The molecule has 0 saturated carbocycles. The number of amides is 2. The van der Waals surface area contributed by atoms with Gasteiger partial charge in [-0.2, -0.15) is 0 Å². The maximum absolute atomic E-state index is 13.0. The summed E-state index contributed by atoms with van der Waals surface area (Å²) in [5.41, 5.74) is 0.550. The van der Waals surface area contributed by atoms with E-state index in [9.17, 15) is 9.59 Å². The van der Waals surface area contributed by atoms with Gasteiger partial charge < -0.3 is 10.2 Å². The van der Waals surface area contributed by atoms with Crippen LogP contribution in [0.25, 0.3) is 0 Å². The van der Waals surface area contributed by atoms with Gasteiger partial charge in [0.25, 0.3) is 5.91 Å². The second-order valence-electron chi connectivity index (χ2n) is 6.15. The Hall–Kier alpha value is -2.40. The Morgan fingerprint density at radius 3 is 2.48 bits per heavy atom. The van der Waals surface area contributed by atoms with Crippen molar-refractivity contribution in [3.63, 3.8) is 0 Å². The van der Waals surface area contributed by atoms with Gasteiger partial charge in [-0.25, -0.2) is 0 Å². The first kappa shape index (κ1) is 18.9. The van der Waals surface area contributed by atoms with Gasteiger partial charge in [-0.3, -0.25) is 9.59 Å². The lowest BCUT2D eigenvalue weighted by Crippen LogP contribution is -2.51. The van der Waals surface area contributed by atoms with Crippen molar-refractivity contribution in [2.75, 3.05) is 6.54 Å². The van der Waals surface area contributed by atoms with Crippen LogP contribution < -0.4 is 5.32 Å². The third-order valence-electron chi connectivity index (χ3n) is 3.84. The maximum Gasteiger partial charge on any atom is 0.251 e. The van der Waals surface area contributed by atoms with Crippen molar-refractivity contribution in [1.29, 1.82) is 0 Å². The molecule has 0 saturated heterocycles. The van der Waals surface area contributed by atoms with Crippen LogP contribution in [0.5, 0.6) is 0 Å². The first-order valence-corrected chi connectivity index (χ1v) is 9.19. The Labute approximate surface area is 153 Å². The normalized spacial score (nSPS) is 11.8. The van der Waals surface area contributed by atoms with Crippen molar-refractivity contribution in [3.05, 3.63) is 70.9 Å². The first-order valence-electron chi connectivity index (χ1n) is 8.31. The minimum absolute atomic E-state index is 0.0178. The van der Waals surface area contributed by atoms with Crippen LogP contribution in [0.1, 0.15) is 29.1 Å². The number of hydrogen-bond acceptors (Lipinski definition) is 3. The summed E-state index contributed by atoms with van der Waals surface area (Å²) in [4.78, 5) is 28.3. The number of hydrogen-bond donors (Lipinski definition) is 1. The fraction of sp³-hybridized carbons (Fsp3) is 0.300. The highest BCUT2D eigenvalue weighted by Gasteiger charge is 2.28. The van der Waals surface area contributed by atoms with Crippen LogP contribution >= 0.6 is 11.3 Å². The van der Waals surface area contributed by atoms with Gasteiger partial charge in [0, 0.05) is 17.0 Å². The lowest BCUT2D eigenvalue weighted by molar-refractivity contribution is -0.134. The van der Waals surface area contributed by atoms with Crippen molar-refractivity contribution < 1.29 is 9.59 Å². The number of nitrogens with zero attached hydrogens (tertiary/aromatic N) is 1. The summed E-state index contributed by atoms with van der Waals surface area (Å²) < 4.78 is 0. The lowest BCUT2D eigenvalue weighted by atomic mass is 10.0. The third-order valence-corrected chi connectivity index (χ3v) is 4.70. The zero-order chi connectivity index (χ0) is 18.2. The molecule has 0 aliphatic rings. The standard InChI is InChI=1S/C20H24N2O2S/c1-4-12-22(14-17-11-8-13-25-17)20(24)18(15(2)3)21-19(23)16-9-6-5-7-10-16/h4-11,13,15,18H,1,12,14H2,2-3H3,(H,21,23). The molecule has 1 aromatic heterocycles. The zero-order valence-corrected chi connectivity index (χ0v) is 15.5. The van der Waals surface area contributed by atoms with Crippen molar-refractivity contribution in [2.24, 2.45) is 5.92 Å².